The Balaban J connectivity index is 4.52. The fraction of sp³-hybridized carbons (Fsp3) is 0.846. The van der Waals surface area contributed by atoms with Crippen molar-refractivity contribution in [3.8, 4) is 12.3 Å². The van der Waals surface area contributed by atoms with Gasteiger partial charge < -0.3 is 4.43 Å². The summed E-state index contributed by atoms with van der Waals surface area (Å²) in [5.74, 6) is 2.68. The van der Waals surface area contributed by atoms with Gasteiger partial charge in [0.2, 0.25) is 0 Å². The molecule has 0 N–H and O–H groups in total. The molecule has 0 rings (SSSR count). The maximum Gasteiger partial charge on any atom is 0.192 e. The highest BCUT2D eigenvalue weighted by Gasteiger charge is 2.41. The number of rotatable bonds is 4. The van der Waals surface area contributed by atoms with E-state index in [1.165, 1.54) is 0 Å². The first-order valence-electron chi connectivity index (χ1n) is 5.65. The van der Waals surface area contributed by atoms with E-state index in [0.29, 0.717) is 0 Å². The van der Waals surface area contributed by atoms with Crippen LogP contribution in [0.2, 0.25) is 18.1 Å². The van der Waals surface area contributed by atoms with Crippen LogP contribution in [0.15, 0.2) is 0 Å². The minimum absolute atomic E-state index is 0.0879. The van der Waals surface area contributed by atoms with Crippen molar-refractivity contribution in [3.63, 3.8) is 0 Å². The predicted molar refractivity (Wildman–Crippen MR) is 70.4 cm³/mol. The van der Waals surface area contributed by atoms with Crippen molar-refractivity contribution in [3.05, 3.63) is 0 Å². The lowest BCUT2D eigenvalue weighted by molar-refractivity contribution is 0.0840. The highest BCUT2D eigenvalue weighted by Crippen LogP contribution is 2.39. The maximum atomic E-state index is 6.34. The smallest absolute Gasteiger partial charge is 0.192 e. The Bertz CT molecular complexity index is 240. The summed E-state index contributed by atoms with van der Waals surface area (Å²) < 4.78 is 6.34. The minimum Gasteiger partial charge on any atom is -0.412 e. The molecule has 2 heteroatoms. The van der Waals surface area contributed by atoms with Gasteiger partial charge >= 0.3 is 0 Å². The Kier molecular flexibility index (Phi) is 4.63. The van der Waals surface area contributed by atoms with Crippen LogP contribution in [0, 0.1) is 12.3 Å². The summed E-state index contributed by atoms with van der Waals surface area (Å²) in [6.07, 6.45) is 7.02. The third-order valence-electron chi connectivity index (χ3n) is 3.21. The van der Waals surface area contributed by atoms with Gasteiger partial charge in [0.15, 0.2) is 8.32 Å². The summed E-state index contributed by atoms with van der Waals surface area (Å²) in [4.78, 5) is 0. The van der Waals surface area contributed by atoms with E-state index in [2.05, 4.69) is 53.6 Å². The summed E-state index contributed by atoms with van der Waals surface area (Å²) in [5, 5.41) is 0.264. The van der Waals surface area contributed by atoms with Crippen molar-refractivity contribution in [1.82, 2.24) is 0 Å². The van der Waals surface area contributed by atoms with Crippen molar-refractivity contribution in [2.75, 3.05) is 0 Å². The quantitative estimate of drug-likeness (QED) is 0.515. The highest BCUT2D eigenvalue weighted by atomic mass is 28.4. The second-order valence-corrected chi connectivity index (χ2v) is 11.1. The van der Waals surface area contributed by atoms with Crippen molar-refractivity contribution in [2.45, 2.75) is 71.2 Å². The van der Waals surface area contributed by atoms with Gasteiger partial charge in [-0.2, -0.15) is 0 Å². The molecule has 0 unspecified atom stereocenters. The second-order valence-electron chi connectivity index (χ2n) is 6.33. The van der Waals surface area contributed by atoms with E-state index in [9.17, 15) is 0 Å². The van der Waals surface area contributed by atoms with Gasteiger partial charge in [-0.3, -0.25) is 0 Å². The van der Waals surface area contributed by atoms with Crippen LogP contribution < -0.4 is 0 Å². The lowest BCUT2D eigenvalue weighted by Gasteiger charge is -2.42. The monoisotopic (exact) mass is 226 g/mol. The Morgan fingerprint density at radius 3 is 1.93 bits per heavy atom. The average Bonchev–Trinajstić information content (AvgIpc) is 1.96. The van der Waals surface area contributed by atoms with E-state index in [0.717, 1.165) is 12.8 Å². The molecule has 0 aliphatic heterocycles. The number of hydrogen-bond donors (Lipinski definition) is 0. The average molecular weight is 226 g/mol. The van der Waals surface area contributed by atoms with E-state index in [-0.39, 0.29) is 10.6 Å². The molecular weight excluding hydrogens is 200 g/mol. The lowest BCUT2D eigenvalue weighted by Crippen LogP contribution is -2.47. The van der Waals surface area contributed by atoms with Gasteiger partial charge in [-0.1, -0.05) is 20.8 Å². The van der Waals surface area contributed by atoms with Crippen molar-refractivity contribution >= 4 is 8.32 Å². The van der Waals surface area contributed by atoms with E-state index in [1.807, 2.05) is 0 Å². The van der Waals surface area contributed by atoms with Crippen LogP contribution in [0.4, 0.5) is 0 Å². The van der Waals surface area contributed by atoms with Crippen LogP contribution in [0.5, 0.6) is 0 Å². The van der Waals surface area contributed by atoms with Gasteiger partial charge in [0.25, 0.3) is 0 Å². The molecule has 0 aliphatic rings. The molecule has 88 valence electrons. The van der Waals surface area contributed by atoms with Crippen LogP contribution in [0.3, 0.4) is 0 Å². The topological polar surface area (TPSA) is 9.23 Å². The number of terminal acetylenes is 1. The summed E-state index contributed by atoms with van der Waals surface area (Å²) in [6, 6.07) is 0. The van der Waals surface area contributed by atoms with Crippen LogP contribution in [-0.2, 0) is 4.43 Å². The summed E-state index contributed by atoms with van der Waals surface area (Å²) >= 11 is 0. The zero-order valence-electron chi connectivity index (χ0n) is 11.4. The Morgan fingerprint density at radius 1 is 1.13 bits per heavy atom. The molecule has 15 heavy (non-hydrogen) atoms. The van der Waals surface area contributed by atoms with Gasteiger partial charge in [-0.05, 0) is 38.4 Å². The van der Waals surface area contributed by atoms with Gasteiger partial charge in [0.1, 0.15) is 0 Å². The summed E-state index contributed by atoms with van der Waals surface area (Å²) in [6.45, 7) is 15.6. The minimum atomic E-state index is -1.66. The van der Waals surface area contributed by atoms with Crippen LogP contribution >= 0.6 is 0 Å². The molecule has 1 nitrogen and oxygen atoms in total. The molecule has 0 aromatic rings. The Morgan fingerprint density at radius 2 is 1.60 bits per heavy atom. The molecule has 0 spiro atoms. The molecule has 0 saturated carbocycles. The first-order chi connectivity index (χ1) is 6.52. The van der Waals surface area contributed by atoms with Crippen molar-refractivity contribution in [1.29, 1.82) is 0 Å². The molecule has 0 saturated heterocycles. The largest absolute Gasteiger partial charge is 0.412 e. The second kappa shape index (κ2) is 4.72. The zero-order valence-corrected chi connectivity index (χ0v) is 12.4. The molecule has 0 atom stereocenters. The van der Waals surface area contributed by atoms with Crippen LogP contribution in [0.25, 0.3) is 0 Å². The molecule has 0 aromatic carbocycles. The normalized spacial score (nSPS) is 13.7. The lowest BCUT2D eigenvalue weighted by atomic mass is 10.0. The Labute approximate surface area is 96.7 Å². The molecule has 0 aliphatic carbocycles. The van der Waals surface area contributed by atoms with Gasteiger partial charge in [0, 0.05) is 6.42 Å². The van der Waals surface area contributed by atoms with Gasteiger partial charge in [-0.15, -0.1) is 12.3 Å². The summed E-state index contributed by atoms with van der Waals surface area (Å²) in [5.41, 5.74) is -0.0879. The standard InChI is InChI=1S/C13H26OSi/c1-9-10-11-13(5,6)14-15(7,8)12(2,3)4/h1H,10-11H2,2-8H3. The Hall–Kier alpha value is -0.263. The molecule has 0 heterocycles. The van der Waals surface area contributed by atoms with E-state index in [1.54, 1.807) is 0 Å². The third kappa shape index (κ3) is 4.86. The number of hydrogen-bond acceptors (Lipinski definition) is 1. The highest BCUT2D eigenvalue weighted by molar-refractivity contribution is 6.74. The third-order valence-corrected chi connectivity index (χ3v) is 7.88. The molecule has 0 amide bonds. The first-order valence-corrected chi connectivity index (χ1v) is 8.56. The predicted octanol–water partition coefficient (Wildman–Crippen LogP) is 4.20. The van der Waals surface area contributed by atoms with E-state index < -0.39 is 8.32 Å². The van der Waals surface area contributed by atoms with Crippen LogP contribution in [0.1, 0.15) is 47.5 Å². The van der Waals surface area contributed by atoms with Gasteiger partial charge in [0.05, 0.1) is 5.60 Å². The van der Waals surface area contributed by atoms with E-state index in [4.69, 9.17) is 10.8 Å². The molecule has 0 bridgehead atoms. The summed E-state index contributed by atoms with van der Waals surface area (Å²) in [7, 11) is -1.66. The first kappa shape index (κ1) is 14.7. The maximum absolute atomic E-state index is 6.34. The SMILES string of the molecule is C#CCCC(C)(C)O[Si](C)(C)C(C)(C)C. The van der Waals surface area contributed by atoms with Crippen LogP contribution in [-0.4, -0.2) is 13.9 Å². The van der Waals surface area contributed by atoms with E-state index >= 15 is 0 Å². The fourth-order valence-electron chi connectivity index (χ4n) is 1.27. The van der Waals surface area contributed by atoms with Gasteiger partial charge in [-0.25, -0.2) is 0 Å². The van der Waals surface area contributed by atoms with Crippen molar-refractivity contribution < 1.29 is 4.43 Å². The zero-order chi connectivity index (χ0) is 12.3. The molecule has 0 aromatic heterocycles. The molecule has 0 fully saturated rings. The fourth-order valence-corrected chi connectivity index (χ4v) is 3.06. The van der Waals surface area contributed by atoms with Crippen molar-refractivity contribution in [2.24, 2.45) is 0 Å². The molecular formula is C13H26OSi. The molecule has 0 radical (unpaired) electrons.